The predicted octanol–water partition coefficient (Wildman–Crippen LogP) is 3.93. The SMILES string of the molecule is CC[C@H](C)Oc1ccc(NC(=O)[C@](C)(OC)C2CC2)cc1C. The first-order chi connectivity index (χ1) is 10.4. The van der Waals surface area contributed by atoms with Gasteiger partial charge in [-0.1, -0.05) is 6.92 Å². The molecule has 0 unspecified atom stereocenters. The minimum atomic E-state index is -0.736. The van der Waals surface area contributed by atoms with E-state index >= 15 is 0 Å². The van der Waals surface area contributed by atoms with Crippen molar-refractivity contribution < 1.29 is 14.3 Å². The lowest BCUT2D eigenvalue weighted by Gasteiger charge is -2.27. The van der Waals surface area contributed by atoms with Crippen molar-refractivity contribution in [3.8, 4) is 5.75 Å². The number of benzene rings is 1. The van der Waals surface area contributed by atoms with Crippen molar-refractivity contribution in [2.75, 3.05) is 12.4 Å². The third-order valence-corrected chi connectivity index (χ3v) is 4.57. The number of aryl methyl sites for hydroxylation is 1. The van der Waals surface area contributed by atoms with Crippen molar-refractivity contribution in [3.05, 3.63) is 23.8 Å². The maximum atomic E-state index is 12.5. The summed E-state index contributed by atoms with van der Waals surface area (Å²) in [6.07, 6.45) is 3.26. The van der Waals surface area contributed by atoms with Crippen LogP contribution in [0.4, 0.5) is 5.69 Å². The van der Waals surface area contributed by atoms with Crippen LogP contribution < -0.4 is 10.1 Å². The highest BCUT2D eigenvalue weighted by Crippen LogP contribution is 2.42. The molecule has 0 saturated heterocycles. The summed E-state index contributed by atoms with van der Waals surface area (Å²) in [5, 5.41) is 2.97. The van der Waals surface area contributed by atoms with Gasteiger partial charge in [0.2, 0.25) is 0 Å². The molecule has 4 heteroatoms. The van der Waals surface area contributed by atoms with E-state index in [0.717, 1.165) is 36.3 Å². The molecule has 4 nitrogen and oxygen atoms in total. The van der Waals surface area contributed by atoms with Gasteiger partial charge in [-0.25, -0.2) is 0 Å². The van der Waals surface area contributed by atoms with Crippen molar-refractivity contribution in [1.82, 2.24) is 0 Å². The van der Waals surface area contributed by atoms with Gasteiger partial charge in [0.25, 0.3) is 5.91 Å². The lowest BCUT2D eigenvalue weighted by Crippen LogP contribution is -2.44. The largest absolute Gasteiger partial charge is 0.490 e. The van der Waals surface area contributed by atoms with E-state index in [-0.39, 0.29) is 12.0 Å². The first-order valence-electron chi connectivity index (χ1n) is 8.04. The monoisotopic (exact) mass is 305 g/mol. The van der Waals surface area contributed by atoms with Gasteiger partial charge in [-0.05, 0) is 69.7 Å². The predicted molar refractivity (Wildman–Crippen MR) is 88.3 cm³/mol. The number of carbonyl (C=O) groups is 1. The normalized spacial score (nSPS) is 18.4. The topological polar surface area (TPSA) is 47.6 Å². The summed E-state index contributed by atoms with van der Waals surface area (Å²) >= 11 is 0. The first kappa shape index (κ1) is 16.8. The van der Waals surface area contributed by atoms with Gasteiger partial charge in [0.1, 0.15) is 11.4 Å². The zero-order valence-corrected chi connectivity index (χ0v) is 14.2. The Labute approximate surface area is 133 Å². The Bertz CT molecular complexity index is 539. The van der Waals surface area contributed by atoms with E-state index in [1.807, 2.05) is 32.0 Å². The number of hydrogen-bond donors (Lipinski definition) is 1. The van der Waals surface area contributed by atoms with E-state index in [1.54, 1.807) is 7.11 Å². The Kier molecular flexibility index (Phi) is 5.12. The van der Waals surface area contributed by atoms with Gasteiger partial charge in [0.15, 0.2) is 0 Å². The van der Waals surface area contributed by atoms with Crippen LogP contribution in [0.2, 0.25) is 0 Å². The van der Waals surface area contributed by atoms with Crippen molar-refractivity contribution >= 4 is 11.6 Å². The molecule has 1 fully saturated rings. The molecule has 1 aliphatic rings. The van der Waals surface area contributed by atoms with Gasteiger partial charge in [-0.2, -0.15) is 0 Å². The molecular formula is C18H27NO3. The Morgan fingerprint density at radius 2 is 2.14 bits per heavy atom. The fourth-order valence-electron chi connectivity index (χ4n) is 2.49. The van der Waals surface area contributed by atoms with Gasteiger partial charge in [0, 0.05) is 12.8 Å². The summed E-state index contributed by atoms with van der Waals surface area (Å²) in [5.41, 5.74) is 1.06. The highest BCUT2D eigenvalue weighted by Gasteiger charge is 2.47. The summed E-state index contributed by atoms with van der Waals surface area (Å²) < 4.78 is 11.3. The molecule has 0 heterocycles. The average molecular weight is 305 g/mol. The van der Waals surface area contributed by atoms with Gasteiger partial charge in [-0.3, -0.25) is 4.79 Å². The summed E-state index contributed by atoms with van der Waals surface area (Å²) in [6.45, 7) is 8.00. The molecule has 0 aliphatic heterocycles. The van der Waals surface area contributed by atoms with Crippen LogP contribution in [0.25, 0.3) is 0 Å². The van der Waals surface area contributed by atoms with E-state index in [4.69, 9.17) is 9.47 Å². The molecule has 1 aromatic rings. The lowest BCUT2D eigenvalue weighted by molar-refractivity contribution is -0.138. The summed E-state index contributed by atoms with van der Waals surface area (Å²) in [4.78, 5) is 12.5. The van der Waals surface area contributed by atoms with Crippen LogP contribution in [0.3, 0.4) is 0 Å². The number of ether oxygens (including phenoxy) is 2. The molecule has 0 aromatic heterocycles. The summed E-state index contributed by atoms with van der Waals surface area (Å²) in [5.74, 6) is 1.11. The fraction of sp³-hybridized carbons (Fsp3) is 0.611. The molecule has 1 aromatic carbocycles. The quantitative estimate of drug-likeness (QED) is 0.830. The third kappa shape index (κ3) is 3.61. The van der Waals surface area contributed by atoms with Crippen LogP contribution in [-0.2, 0) is 9.53 Å². The highest BCUT2D eigenvalue weighted by molar-refractivity contribution is 5.97. The smallest absolute Gasteiger partial charge is 0.256 e. The van der Waals surface area contributed by atoms with Crippen LogP contribution in [0, 0.1) is 12.8 Å². The molecule has 1 saturated carbocycles. The number of anilines is 1. The van der Waals surface area contributed by atoms with E-state index in [9.17, 15) is 4.79 Å². The van der Waals surface area contributed by atoms with E-state index in [2.05, 4.69) is 19.2 Å². The third-order valence-electron chi connectivity index (χ3n) is 4.57. The van der Waals surface area contributed by atoms with Gasteiger partial charge >= 0.3 is 0 Å². The lowest BCUT2D eigenvalue weighted by atomic mass is 9.99. The van der Waals surface area contributed by atoms with E-state index < -0.39 is 5.60 Å². The second-order valence-corrected chi connectivity index (χ2v) is 6.36. The Hall–Kier alpha value is -1.55. The van der Waals surface area contributed by atoms with Gasteiger partial charge in [-0.15, -0.1) is 0 Å². The van der Waals surface area contributed by atoms with Crippen molar-refractivity contribution in [2.45, 2.75) is 58.7 Å². The molecular weight excluding hydrogens is 278 g/mol. The second kappa shape index (κ2) is 6.69. The Balaban J connectivity index is 2.07. The molecule has 2 atom stereocenters. The zero-order chi connectivity index (χ0) is 16.3. The Morgan fingerprint density at radius 1 is 1.45 bits per heavy atom. The summed E-state index contributed by atoms with van der Waals surface area (Å²) in [7, 11) is 1.60. The molecule has 122 valence electrons. The average Bonchev–Trinajstić information content (AvgIpc) is 3.34. The molecule has 22 heavy (non-hydrogen) atoms. The number of nitrogens with one attached hydrogen (secondary N) is 1. The maximum absolute atomic E-state index is 12.5. The van der Waals surface area contributed by atoms with Crippen molar-refractivity contribution in [1.29, 1.82) is 0 Å². The molecule has 0 bridgehead atoms. The van der Waals surface area contributed by atoms with Crippen LogP contribution in [-0.4, -0.2) is 24.7 Å². The maximum Gasteiger partial charge on any atom is 0.256 e. The number of rotatable bonds is 7. The van der Waals surface area contributed by atoms with Crippen LogP contribution in [0.5, 0.6) is 5.75 Å². The first-order valence-corrected chi connectivity index (χ1v) is 8.04. The highest BCUT2D eigenvalue weighted by atomic mass is 16.5. The van der Waals surface area contributed by atoms with Crippen LogP contribution in [0.15, 0.2) is 18.2 Å². The van der Waals surface area contributed by atoms with Crippen molar-refractivity contribution in [2.24, 2.45) is 5.92 Å². The zero-order valence-electron chi connectivity index (χ0n) is 14.2. The minimum absolute atomic E-state index is 0.0764. The van der Waals surface area contributed by atoms with Crippen LogP contribution in [0.1, 0.15) is 45.6 Å². The van der Waals surface area contributed by atoms with Gasteiger partial charge < -0.3 is 14.8 Å². The molecule has 0 radical (unpaired) electrons. The van der Waals surface area contributed by atoms with Crippen molar-refractivity contribution in [3.63, 3.8) is 0 Å². The van der Waals surface area contributed by atoms with E-state index in [1.165, 1.54) is 0 Å². The second-order valence-electron chi connectivity index (χ2n) is 6.36. The minimum Gasteiger partial charge on any atom is -0.490 e. The number of hydrogen-bond acceptors (Lipinski definition) is 3. The molecule has 1 aliphatic carbocycles. The van der Waals surface area contributed by atoms with Crippen LogP contribution >= 0.6 is 0 Å². The number of carbonyl (C=O) groups excluding carboxylic acids is 1. The molecule has 1 N–H and O–H groups in total. The molecule has 0 spiro atoms. The molecule has 1 amide bonds. The standard InChI is InChI=1S/C18H27NO3/c1-6-13(3)22-16-10-9-15(11-12(16)2)19-17(20)18(4,21-5)14-7-8-14/h9-11,13-14H,6-8H2,1-5H3,(H,19,20)/t13-,18+/m0/s1. The number of methoxy groups -OCH3 is 1. The number of amides is 1. The van der Waals surface area contributed by atoms with Gasteiger partial charge in [0.05, 0.1) is 6.10 Å². The Morgan fingerprint density at radius 3 is 2.64 bits per heavy atom. The van der Waals surface area contributed by atoms with E-state index in [0.29, 0.717) is 5.92 Å². The fourth-order valence-corrected chi connectivity index (χ4v) is 2.49. The molecule has 2 rings (SSSR count). The summed E-state index contributed by atoms with van der Waals surface area (Å²) in [6, 6.07) is 5.74.